The molecule has 0 aliphatic heterocycles. The normalized spacial score (nSPS) is 13.9. The summed E-state index contributed by atoms with van der Waals surface area (Å²) in [7, 11) is 6.40. The van der Waals surface area contributed by atoms with E-state index in [1.807, 2.05) is 24.3 Å². The van der Waals surface area contributed by atoms with Gasteiger partial charge in [-0.3, -0.25) is 0 Å². The summed E-state index contributed by atoms with van der Waals surface area (Å²) in [4.78, 5) is 0. The van der Waals surface area contributed by atoms with E-state index in [0.717, 1.165) is 35.3 Å². The molecule has 29 heavy (non-hydrogen) atoms. The third-order valence-corrected chi connectivity index (χ3v) is 4.09. The molecule has 2 atom stereocenters. The summed E-state index contributed by atoms with van der Waals surface area (Å²) in [5.41, 5.74) is 0.921. The predicted octanol–water partition coefficient (Wildman–Crippen LogP) is 0.711. The summed E-state index contributed by atoms with van der Waals surface area (Å²) in [6.45, 7) is 3.19. The molecule has 0 saturated heterocycles. The summed E-state index contributed by atoms with van der Waals surface area (Å²) in [6, 6.07) is 7.70. The highest BCUT2D eigenvalue weighted by Crippen LogP contribution is 2.15. The molecule has 0 spiro atoms. The third-order valence-electron chi connectivity index (χ3n) is 4.09. The molecule has 0 radical (unpaired) electrons. The Kier molecular flexibility index (Phi) is 12.8. The SMILES string of the molecule is C[N+](C)(C)CCOc1ccc(NCC(O)COCCCCOCC(O)CO)cc1. The van der Waals surface area contributed by atoms with E-state index in [1.54, 1.807) is 0 Å². The molecule has 0 saturated carbocycles. The highest BCUT2D eigenvalue weighted by atomic mass is 16.5. The second-order valence-corrected chi connectivity index (χ2v) is 8.11. The van der Waals surface area contributed by atoms with Crippen molar-refractivity contribution < 1.29 is 34.0 Å². The van der Waals surface area contributed by atoms with Crippen LogP contribution < -0.4 is 10.1 Å². The fourth-order valence-electron chi connectivity index (χ4n) is 2.30. The van der Waals surface area contributed by atoms with Crippen LogP contribution in [0.3, 0.4) is 0 Å². The molecule has 0 heterocycles. The Morgan fingerprint density at radius 1 is 0.897 bits per heavy atom. The lowest BCUT2D eigenvalue weighted by atomic mass is 10.3. The Morgan fingerprint density at radius 2 is 1.48 bits per heavy atom. The average molecular weight is 416 g/mol. The van der Waals surface area contributed by atoms with Gasteiger partial charge in [-0.1, -0.05) is 0 Å². The number of hydrogen-bond acceptors (Lipinski definition) is 7. The molecule has 0 aliphatic rings. The van der Waals surface area contributed by atoms with Gasteiger partial charge in [0.15, 0.2) is 0 Å². The van der Waals surface area contributed by atoms with Crippen LogP contribution in [0.25, 0.3) is 0 Å². The molecule has 1 aromatic carbocycles. The molecule has 0 aliphatic carbocycles. The van der Waals surface area contributed by atoms with Crippen molar-refractivity contribution in [3.63, 3.8) is 0 Å². The topological polar surface area (TPSA) is 100 Å². The van der Waals surface area contributed by atoms with Gasteiger partial charge in [0, 0.05) is 25.4 Å². The lowest BCUT2D eigenvalue weighted by molar-refractivity contribution is -0.870. The lowest BCUT2D eigenvalue weighted by Crippen LogP contribution is -2.38. The first-order valence-corrected chi connectivity index (χ1v) is 10.2. The van der Waals surface area contributed by atoms with Crippen LogP contribution in [0.4, 0.5) is 5.69 Å². The minimum Gasteiger partial charge on any atom is -0.488 e. The van der Waals surface area contributed by atoms with Crippen molar-refractivity contribution in [2.45, 2.75) is 25.0 Å². The van der Waals surface area contributed by atoms with Crippen LogP contribution in [0.1, 0.15) is 12.8 Å². The summed E-state index contributed by atoms with van der Waals surface area (Å²) >= 11 is 0. The molecule has 0 bridgehead atoms. The van der Waals surface area contributed by atoms with Crippen molar-refractivity contribution in [1.82, 2.24) is 0 Å². The van der Waals surface area contributed by atoms with E-state index in [4.69, 9.17) is 24.4 Å². The zero-order valence-corrected chi connectivity index (χ0v) is 18.0. The standard InChI is InChI=1S/C21H39N2O6/c1-23(2,3)10-13-29-21-8-6-18(7-9-21)22-14-19(25)16-27-11-4-5-12-28-17-20(26)15-24/h6-9,19-20,22,24-26H,4-5,10-17H2,1-3H3/q+1. The van der Waals surface area contributed by atoms with Crippen LogP contribution in [0.5, 0.6) is 5.75 Å². The first-order valence-electron chi connectivity index (χ1n) is 10.2. The summed E-state index contributed by atoms with van der Waals surface area (Å²) in [6.07, 6.45) is 0.206. The number of nitrogens with zero attached hydrogens (tertiary/aromatic N) is 1. The molecule has 4 N–H and O–H groups in total. The fourth-order valence-corrected chi connectivity index (χ4v) is 2.30. The zero-order valence-electron chi connectivity index (χ0n) is 18.0. The summed E-state index contributed by atoms with van der Waals surface area (Å²) < 4.78 is 17.3. The van der Waals surface area contributed by atoms with Crippen molar-refractivity contribution in [3.05, 3.63) is 24.3 Å². The number of aliphatic hydroxyl groups is 3. The smallest absolute Gasteiger partial charge is 0.137 e. The molecule has 1 aromatic rings. The Hall–Kier alpha value is -1.42. The number of unbranched alkanes of at least 4 members (excludes halogenated alkanes) is 1. The molecular weight excluding hydrogens is 376 g/mol. The van der Waals surface area contributed by atoms with Crippen LogP contribution in [-0.2, 0) is 9.47 Å². The maximum atomic E-state index is 10.00. The first-order chi connectivity index (χ1) is 13.8. The number of hydrogen-bond donors (Lipinski definition) is 4. The minimum absolute atomic E-state index is 0.144. The number of nitrogens with one attached hydrogen (secondary N) is 1. The average Bonchev–Trinajstić information content (AvgIpc) is 2.68. The van der Waals surface area contributed by atoms with Crippen LogP contribution in [0, 0.1) is 0 Å². The Labute approximate surface area is 174 Å². The molecule has 2 unspecified atom stereocenters. The number of aliphatic hydroxyl groups excluding tert-OH is 3. The van der Waals surface area contributed by atoms with E-state index in [9.17, 15) is 5.11 Å². The lowest BCUT2D eigenvalue weighted by Gasteiger charge is -2.23. The molecule has 0 aromatic heterocycles. The first kappa shape index (κ1) is 25.6. The van der Waals surface area contributed by atoms with Gasteiger partial charge in [-0.15, -0.1) is 0 Å². The number of benzene rings is 1. The predicted molar refractivity (Wildman–Crippen MR) is 113 cm³/mol. The quantitative estimate of drug-likeness (QED) is 0.220. The summed E-state index contributed by atoms with van der Waals surface area (Å²) in [5.74, 6) is 0.836. The largest absolute Gasteiger partial charge is 0.488 e. The third kappa shape index (κ3) is 14.2. The van der Waals surface area contributed by atoms with Crippen LogP contribution in [0.15, 0.2) is 24.3 Å². The van der Waals surface area contributed by atoms with Crippen LogP contribution in [0.2, 0.25) is 0 Å². The van der Waals surface area contributed by atoms with Crippen LogP contribution >= 0.6 is 0 Å². The van der Waals surface area contributed by atoms with Gasteiger partial charge in [-0.25, -0.2) is 0 Å². The Balaban J connectivity index is 2.06. The number of anilines is 1. The van der Waals surface area contributed by atoms with Gasteiger partial charge in [0.25, 0.3) is 0 Å². The highest BCUT2D eigenvalue weighted by Gasteiger charge is 2.07. The van der Waals surface area contributed by atoms with Crippen LogP contribution in [-0.4, -0.2) is 106 Å². The second kappa shape index (κ2) is 14.5. The van der Waals surface area contributed by atoms with Gasteiger partial charge in [0.1, 0.15) is 25.0 Å². The van der Waals surface area contributed by atoms with Crippen molar-refractivity contribution in [3.8, 4) is 5.75 Å². The molecule has 8 nitrogen and oxygen atoms in total. The number of ether oxygens (including phenoxy) is 3. The van der Waals surface area contributed by atoms with Crippen molar-refractivity contribution in [2.75, 3.05) is 79.2 Å². The zero-order chi connectivity index (χ0) is 21.5. The molecule has 1 rings (SSSR count). The highest BCUT2D eigenvalue weighted by molar-refractivity contribution is 5.46. The molecule has 168 valence electrons. The minimum atomic E-state index is -0.814. The molecule has 8 heteroatoms. The molecular formula is C21H39N2O6+. The van der Waals surface area contributed by atoms with E-state index in [1.165, 1.54) is 0 Å². The second-order valence-electron chi connectivity index (χ2n) is 8.11. The van der Waals surface area contributed by atoms with E-state index in [-0.39, 0.29) is 19.8 Å². The van der Waals surface area contributed by atoms with Gasteiger partial charge < -0.3 is 39.3 Å². The Morgan fingerprint density at radius 3 is 2.03 bits per heavy atom. The van der Waals surface area contributed by atoms with Gasteiger partial charge in [-0.05, 0) is 37.1 Å². The maximum Gasteiger partial charge on any atom is 0.137 e. The van der Waals surface area contributed by atoms with Gasteiger partial charge >= 0.3 is 0 Å². The summed E-state index contributed by atoms with van der Waals surface area (Å²) in [5, 5.41) is 31.0. The number of quaternary nitrogens is 1. The van der Waals surface area contributed by atoms with E-state index in [0.29, 0.717) is 26.4 Å². The number of likely N-dealkylation sites (N-methyl/N-ethyl adjacent to an activating group) is 1. The van der Waals surface area contributed by atoms with Gasteiger partial charge in [-0.2, -0.15) is 0 Å². The monoisotopic (exact) mass is 415 g/mol. The molecule has 0 fully saturated rings. The van der Waals surface area contributed by atoms with Crippen molar-refractivity contribution >= 4 is 5.69 Å². The van der Waals surface area contributed by atoms with E-state index >= 15 is 0 Å². The van der Waals surface area contributed by atoms with Crippen molar-refractivity contribution in [2.24, 2.45) is 0 Å². The van der Waals surface area contributed by atoms with E-state index in [2.05, 4.69) is 26.5 Å². The molecule has 0 amide bonds. The van der Waals surface area contributed by atoms with Crippen molar-refractivity contribution in [1.29, 1.82) is 0 Å². The van der Waals surface area contributed by atoms with Gasteiger partial charge in [0.05, 0.1) is 47.1 Å². The fraction of sp³-hybridized carbons (Fsp3) is 0.714. The maximum absolute atomic E-state index is 10.00. The Bertz CT molecular complexity index is 521. The van der Waals surface area contributed by atoms with Gasteiger partial charge in [0.2, 0.25) is 0 Å². The number of rotatable bonds is 17. The van der Waals surface area contributed by atoms with E-state index < -0.39 is 12.2 Å².